The van der Waals surface area contributed by atoms with Gasteiger partial charge in [0.05, 0.1) is 18.4 Å². The number of hydrogen-bond donors (Lipinski definition) is 4. The van der Waals surface area contributed by atoms with Gasteiger partial charge in [0.2, 0.25) is 27.7 Å². The second-order valence-corrected chi connectivity index (χ2v) is 16.2. The molecule has 1 aromatic carbocycles. The van der Waals surface area contributed by atoms with E-state index in [2.05, 4.69) is 20.3 Å². The van der Waals surface area contributed by atoms with Crippen molar-refractivity contribution in [2.75, 3.05) is 13.2 Å². The van der Waals surface area contributed by atoms with E-state index in [-0.39, 0.29) is 43.5 Å². The van der Waals surface area contributed by atoms with E-state index in [1.54, 1.807) is 19.9 Å². The highest BCUT2D eigenvalue weighted by Gasteiger charge is 2.62. The lowest BCUT2D eigenvalue weighted by molar-refractivity contribution is -0.142. The summed E-state index contributed by atoms with van der Waals surface area (Å²) in [6.45, 7) is 5.64. The SMILES string of the molecule is CCOc1cc2ccnc(O[C@@H]3C[C@H]4C(=O)N[C@]5(C(=O)NS(=O)(=O)C6CC6)C[C@H]5/C=C\CC[C@@H](C)C[C@@H](C)[C@H](NC(=O)O)C(=O)N4C3)c2cc1F. The zero-order chi connectivity index (χ0) is 36.7. The summed E-state index contributed by atoms with van der Waals surface area (Å²) >= 11 is 0. The molecule has 0 bridgehead atoms. The fourth-order valence-electron chi connectivity index (χ4n) is 7.30. The molecule has 14 nitrogen and oxygen atoms in total. The smallest absolute Gasteiger partial charge is 0.405 e. The molecule has 2 aromatic rings. The lowest BCUT2D eigenvalue weighted by Crippen LogP contribution is -2.59. The van der Waals surface area contributed by atoms with Gasteiger partial charge in [0.15, 0.2) is 11.6 Å². The van der Waals surface area contributed by atoms with Crippen molar-refractivity contribution in [2.45, 2.75) is 94.7 Å². The molecule has 4 amide bonds. The van der Waals surface area contributed by atoms with Crippen molar-refractivity contribution in [3.63, 3.8) is 0 Å². The number of hydrogen-bond acceptors (Lipinski definition) is 9. The van der Waals surface area contributed by atoms with E-state index in [0.29, 0.717) is 36.5 Å². The van der Waals surface area contributed by atoms with Crippen LogP contribution in [0.2, 0.25) is 0 Å². The van der Waals surface area contributed by atoms with Crippen molar-refractivity contribution in [1.29, 1.82) is 0 Å². The van der Waals surface area contributed by atoms with Crippen molar-refractivity contribution in [3.8, 4) is 11.6 Å². The summed E-state index contributed by atoms with van der Waals surface area (Å²) in [6.07, 6.45) is 5.80. The van der Waals surface area contributed by atoms with Crippen molar-refractivity contribution in [2.24, 2.45) is 17.8 Å². The number of allylic oxidation sites excluding steroid dienone is 1. The maximum absolute atomic E-state index is 14.9. The van der Waals surface area contributed by atoms with E-state index in [0.717, 1.165) is 6.42 Å². The maximum Gasteiger partial charge on any atom is 0.405 e. The van der Waals surface area contributed by atoms with Crippen LogP contribution >= 0.6 is 0 Å². The lowest BCUT2D eigenvalue weighted by atomic mass is 9.88. The number of benzene rings is 1. The average Bonchev–Trinajstić information content (AvgIpc) is 3.99. The van der Waals surface area contributed by atoms with Crippen LogP contribution in [-0.4, -0.2) is 89.4 Å². The molecular weight excluding hydrogens is 685 g/mol. The first-order valence-electron chi connectivity index (χ1n) is 17.4. The number of aromatic nitrogens is 1. The molecular formula is C35H44FN5O9S. The Balaban J connectivity index is 1.33. The van der Waals surface area contributed by atoms with E-state index in [1.165, 1.54) is 23.2 Å². The van der Waals surface area contributed by atoms with Gasteiger partial charge in [-0.3, -0.25) is 19.1 Å². The van der Waals surface area contributed by atoms with Gasteiger partial charge in [-0.15, -0.1) is 0 Å². The first kappa shape index (κ1) is 36.3. The molecule has 1 saturated heterocycles. The van der Waals surface area contributed by atoms with Gasteiger partial charge in [-0.1, -0.05) is 26.0 Å². The van der Waals surface area contributed by atoms with Gasteiger partial charge in [-0.25, -0.2) is 22.6 Å². The quantitative estimate of drug-likeness (QED) is 0.293. The number of nitrogens with zero attached hydrogens (tertiary/aromatic N) is 2. The van der Waals surface area contributed by atoms with Gasteiger partial charge in [0, 0.05) is 23.9 Å². The molecule has 4 aliphatic rings. The molecule has 4 N–H and O–H groups in total. The number of rotatable bonds is 8. The third kappa shape index (κ3) is 7.75. The molecule has 0 unspecified atom stereocenters. The first-order valence-corrected chi connectivity index (χ1v) is 19.0. The highest BCUT2D eigenvalue weighted by Crippen LogP contribution is 2.46. The molecule has 1 aromatic heterocycles. The Labute approximate surface area is 295 Å². The molecule has 0 spiro atoms. The summed E-state index contributed by atoms with van der Waals surface area (Å²) in [4.78, 5) is 59.7. The van der Waals surface area contributed by atoms with Crippen LogP contribution in [0.1, 0.15) is 65.7 Å². The Morgan fingerprint density at radius 1 is 1.18 bits per heavy atom. The van der Waals surface area contributed by atoms with E-state index in [4.69, 9.17) is 9.47 Å². The monoisotopic (exact) mass is 729 g/mol. The number of carboxylic acid groups (broad SMARTS) is 1. The second-order valence-electron chi connectivity index (χ2n) is 14.2. The lowest BCUT2D eigenvalue weighted by Gasteiger charge is -2.32. The standard InChI is InChI=1S/C35H44FN5O9S/c1-4-49-28-14-21-11-12-37-31(25(21)16-26(28)36)50-23-15-27-30(42)39-35(33(44)40-51(47,48)24-9-10-24)17-22(35)8-6-5-7-19(2)13-20(3)29(38-34(45)46)32(43)41(27)18-23/h6,8,11-12,14,16,19-20,22-24,27,29,38H,4-5,7,9-10,13,15,17-18H2,1-3H3,(H,39,42)(H,40,44)(H,45,46)/b8-6-/t19-,20-,22-,23-,27+,29+,35-/m1/s1. The summed E-state index contributed by atoms with van der Waals surface area (Å²) in [6, 6.07) is 2.01. The summed E-state index contributed by atoms with van der Waals surface area (Å²) in [7, 11) is -3.92. The molecule has 16 heteroatoms. The topological polar surface area (TPSA) is 193 Å². The molecule has 2 aliphatic carbocycles. The number of halogens is 1. The van der Waals surface area contributed by atoms with Crippen molar-refractivity contribution < 1.29 is 46.6 Å². The largest absolute Gasteiger partial charge is 0.491 e. The van der Waals surface area contributed by atoms with Crippen molar-refractivity contribution in [1.82, 2.24) is 25.2 Å². The molecule has 2 saturated carbocycles. The maximum atomic E-state index is 14.9. The number of ether oxygens (including phenoxy) is 2. The van der Waals surface area contributed by atoms with Crippen LogP contribution < -0.4 is 24.8 Å². The number of carbonyl (C=O) groups is 4. The van der Waals surface area contributed by atoms with Crippen LogP contribution in [0.3, 0.4) is 0 Å². The highest BCUT2D eigenvalue weighted by molar-refractivity contribution is 7.91. The Kier molecular flexibility index (Phi) is 10.2. The van der Waals surface area contributed by atoms with Gasteiger partial charge >= 0.3 is 6.09 Å². The van der Waals surface area contributed by atoms with Gasteiger partial charge in [0.1, 0.15) is 23.7 Å². The zero-order valence-electron chi connectivity index (χ0n) is 28.8. The Hall–Kier alpha value is -4.47. The first-order chi connectivity index (χ1) is 24.2. The predicted molar refractivity (Wildman–Crippen MR) is 183 cm³/mol. The Morgan fingerprint density at radius 2 is 1.94 bits per heavy atom. The van der Waals surface area contributed by atoms with Gasteiger partial charge in [0.25, 0.3) is 5.91 Å². The Morgan fingerprint density at radius 3 is 2.65 bits per heavy atom. The van der Waals surface area contributed by atoms with E-state index >= 15 is 0 Å². The van der Waals surface area contributed by atoms with Gasteiger partial charge in [-0.2, -0.15) is 0 Å². The molecule has 6 rings (SSSR count). The fourth-order valence-corrected chi connectivity index (χ4v) is 8.66. The number of pyridine rings is 1. The van der Waals surface area contributed by atoms with Gasteiger partial charge in [-0.05, 0) is 80.9 Å². The van der Waals surface area contributed by atoms with Crippen LogP contribution in [-0.2, 0) is 24.4 Å². The molecule has 3 heterocycles. The van der Waals surface area contributed by atoms with Crippen molar-refractivity contribution in [3.05, 3.63) is 42.4 Å². The fraction of sp³-hybridized carbons (Fsp3) is 0.571. The minimum atomic E-state index is -3.92. The van der Waals surface area contributed by atoms with E-state index in [1.807, 2.05) is 19.1 Å². The summed E-state index contributed by atoms with van der Waals surface area (Å²) in [5.41, 5.74) is -1.56. The third-order valence-corrected chi connectivity index (χ3v) is 12.1. The minimum absolute atomic E-state index is 0.0611. The number of carbonyl (C=O) groups excluding carboxylic acids is 3. The van der Waals surface area contributed by atoms with Crippen LogP contribution in [0.15, 0.2) is 36.5 Å². The van der Waals surface area contributed by atoms with Gasteiger partial charge < -0.3 is 30.1 Å². The normalized spacial score (nSPS) is 30.5. The average molecular weight is 730 g/mol. The van der Waals surface area contributed by atoms with E-state index in [9.17, 15) is 37.1 Å². The second kappa shape index (κ2) is 14.3. The Bertz CT molecular complexity index is 1850. The molecule has 7 atom stereocenters. The minimum Gasteiger partial charge on any atom is -0.491 e. The van der Waals surface area contributed by atoms with Crippen LogP contribution in [0.4, 0.5) is 9.18 Å². The third-order valence-electron chi connectivity index (χ3n) is 10.3. The highest BCUT2D eigenvalue weighted by atomic mass is 32.2. The predicted octanol–water partition coefficient (Wildman–Crippen LogP) is 3.25. The van der Waals surface area contributed by atoms with Crippen LogP contribution in [0.5, 0.6) is 11.6 Å². The van der Waals surface area contributed by atoms with Crippen molar-refractivity contribution >= 4 is 44.6 Å². The number of fused-ring (bicyclic) bond motifs is 3. The number of sulfonamides is 1. The summed E-state index contributed by atoms with van der Waals surface area (Å²) in [5, 5.41) is 15.1. The molecule has 3 fully saturated rings. The summed E-state index contributed by atoms with van der Waals surface area (Å²) < 4.78 is 54.3. The van der Waals surface area contributed by atoms with E-state index < -0.39 is 80.5 Å². The summed E-state index contributed by atoms with van der Waals surface area (Å²) in [5.74, 6) is -3.52. The van der Waals surface area contributed by atoms with Crippen LogP contribution in [0.25, 0.3) is 10.8 Å². The molecule has 276 valence electrons. The number of amides is 4. The zero-order valence-corrected chi connectivity index (χ0v) is 29.6. The number of nitrogens with one attached hydrogen (secondary N) is 3. The molecule has 0 radical (unpaired) electrons. The molecule has 2 aliphatic heterocycles. The van der Waals surface area contributed by atoms with Crippen LogP contribution in [0, 0.1) is 23.6 Å². The molecule has 51 heavy (non-hydrogen) atoms.